The summed E-state index contributed by atoms with van der Waals surface area (Å²) in [6, 6.07) is 7.92. The van der Waals surface area contributed by atoms with Gasteiger partial charge in [0.05, 0.1) is 13.2 Å². The standard InChI is InChI=1S/C13H21NO3/c1-11-3-5-12(6-4-11)17-10-9-16-8-7-13(15)14-2/h3-6,13-15H,7-10H2,1-2H3. The van der Waals surface area contributed by atoms with Crippen LogP contribution in [-0.2, 0) is 4.74 Å². The van der Waals surface area contributed by atoms with E-state index in [0.717, 1.165) is 5.75 Å². The Labute approximate surface area is 103 Å². The highest BCUT2D eigenvalue weighted by Crippen LogP contribution is 2.10. The third kappa shape index (κ3) is 6.26. The van der Waals surface area contributed by atoms with E-state index in [-0.39, 0.29) is 0 Å². The number of hydrogen-bond acceptors (Lipinski definition) is 4. The lowest BCUT2D eigenvalue weighted by atomic mass is 10.2. The van der Waals surface area contributed by atoms with Crippen molar-refractivity contribution in [2.24, 2.45) is 0 Å². The molecule has 0 aromatic heterocycles. The SMILES string of the molecule is CNC(O)CCOCCOc1ccc(C)cc1. The summed E-state index contributed by atoms with van der Waals surface area (Å²) in [4.78, 5) is 0. The van der Waals surface area contributed by atoms with Gasteiger partial charge in [0.15, 0.2) is 0 Å². The number of aliphatic hydroxyl groups is 1. The maximum Gasteiger partial charge on any atom is 0.119 e. The molecule has 1 rings (SSSR count). The van der Waals surface area contributed by atoms with Crippen LogP contribution in [-0.4, -0.2) is 38.2 Å². The van der Waals surface area contributed by atoms with Gasteiger partial charge >= 0.3 is 0 Å². The molecule has 0 heterocycles. The molecule has 1 aromatic rings. The van der Waals surface area contributed by atoms with Gasteiger partial charge in [0, 0.05) is 6.42 Å². The monoisotopic (exact) mass is 239 g/mol. The summed E-state index contributed by atoms with van der Waals surface area (Å²) in [6.07, 6.45) is 0.0918. The Morgan fingerprint density at radius 1 is 1.18 bits per heavy atom. The summed E-state index contributed by atoms with van der Waals surface area (Å²) in [5.41, 5.74) is 1.22. The number of aliphatic hydroxyl groups excluding tert-OH is 1. The molecule has 0 fully saturated rings. The summed E-state index contributed by atoms with van der Waals surface area (Å²) < 4.78 is 10.8. The van der Waals surface area contributed by atoms with Gasteiger partial charge in [0.25, 0.3) is 0 Å². The fourth-order valence-corrected chi connectivity index (χ4v) is 1.29. The van der Waals surface area contributed by atoms with Crippen molar-refractivity contribution in [1.82, 2.24) is 5.32 Å². The molecule has 4 heteroatoms. The predicted octanol–water partition coefficient (Wildman–Crippen LogP) is 1.32. The van der Waals surface area contributed by atoms with E-state index in [0.29, 0.717) is 26.2 Å². The molecule has 2 N–H and O–H groups in total. The molecule has 0 aliphatic rings. The normalized spacial score (nSPS) is 12.4. The Morgan fingerprint density at radius 3 is 2.53 bits per heavy atom. The topological polar surface area (TPSA) is 50.7 Å². The lowest BCUT2D eigenvalue weighted by Crippen LogP contribution is -2.26. The molecule has 0 saturated heterocycles. The number of ether oxygens (including phenoxy) is 2. The van der Waals surface area contributed by atoms with Crippen LogP contribution in [0.15, 0.2) is 24.3 Å². The van der Waals surface area contributed by atoms with Gasteiger partial charge in [-0.3, -0.25) is 5.32 Å². The molecule has 4 nitrogen and oxygen atoms in total. The van der Waals surface area contributed by atoms with Crippen LogP contribution in [0.5, 0.6) is 5.75 Å². The van der Waals surface area contributed by atoms with Crippen molar-refractivity contribution in [3.8, 4) is 5.75 Å². The van der Waals surface area contributed by atoms with Gasteiger partial charge in [-0.2, -0.15) is 0 Å². The molecular weight excluding hydrogens is 218 g/mol. The maximum absolute atomic E-state index is 9.20. The Bertz CT molecular complexity index is 300. The van der Waals surface area contributed by atoms with Crippen molar-refractivity contribution in [3.05, 3.63) is 29.8 Å². The van der Waals surface area contributed by atoms with E-state index < -0.39 is 6.23 Å². The van der Waals surface area contributed by atoms with E-state index in [9.17, 15) is 5.11 Å². The van der Waals surface area contributed by atoms with E-state index >= 15 is 0 Å². The van der Waals surface area contributed by atoms with E-state index in [1.54, 1.807) is 7.05 Å². The van der Waals surface area contributed by atoms with Gasteiger partial charge in [0.1, 0.15) is 18.6 Å². The largest absolute Gasteiger partial charge is 0.491 e. The Balaban J connectivity index is 2.02. The zero-order chi connectivity index (χ0) is 12.5. The second-order valence-corrected chi connectivity index (χ2v) is 3.87. The Kier molecular flexibility index (Phi) is 6.62. The maximum atomic E-state index is 9.20. The minimum Gasteiger partial charge on any atom is -0.491 e. The van der Waals surface area contributed by atoms with Gasteiger partial charge < -0.3 is 14.6 Å². The van der Waals surface area contributed by atoms with Gasteiger partial charge in [-0.15, -0.1) is 0 Å². The summed E-state index contributed by atoms with van der Waals surface area (Å²) in [5, 5.41) is 11.9. The van der Waals surface area contributed by atoms with Gasteiger partial charge in [-0.1, -0.05) is 17.7 Å². The summed E-state index contributed by atoms with van der Waals surface area (Å²) in [6.45, 7) is 3.63. The fraction of sp³-hybridized carbons (Fsp3) is 0.538. The zero-order valence-corrected chi connectivity index (χ0v) is 10.5. The van der Waals surface area contributed by atoms with Crippen LogP contribution >= 0.6 is 0 Å². The quantitative estimate of drug-likeness (QED) is 0.530. The number of nitrogens with one attached hydrogen (secondary N) is 1. The van der Waals surface area contributed by atoms with Gasteiger partial charge in [-0.25, -0.2) is 0 Å². The van der Waals surface area contributed by atoms with Crippen molar-refractivity contribution in [3.63, 3.8) is 0 Å². The van der Waals surface area contributed by atoms with Crippen LogP contribution in [0.4, 0.5) is 0 Å². The Hall–Kier alpha value is -1.10. The third-order valence-electron chi connectivity index (χ3n) is 2.39. The molecule has 17 heavy (non-hydrogen) atoms. The molecule has 0 saturated carbocycles. The highest BCUT2D eigenvalue weighted by Gasteiger charge is 1.99. The van der Waals surface area contributed by atoms with Crippen LogP contribution in [0.2, 0.25) is 0 Å². The Morgan fingerprint density at radius 2 is 1.88 bits per heavy atom. The minimum atomic E-state index is -0.493. The molecule has 1 aromatic carbocycles. The van der Waals surface area contributed by atoms with Crippen molar-refractivity contribution in [2.45, 2.75) is 19.6 Å². The van der Waals surface area contributed by atoms with E-state index in [2.05, 4.69) is 5.32 Å². The van der Waals surface area contributed by atoms with Crippen LogP contribution in [0.25, 0.3) is 0 Å². The first kappa shape index (κ1) is 14.0. The number of rotatable bonds is 8. The molecule has 0 aliphatic carbocycles. The van der Waals surface area contributed by atoms with Crippen molar-refractivity contribution in [1.29, 1.82) is 0 Å². The third-order valence-corrected chi connectivity index (χ3v) is 2.39. The van der Waals surface area contributed by atoms with E-state index in [1.807, 2.05) is 31.2 Å². The summed E-state index contributed by atoms with van der Waals surface area (Å²) in [5.74, 6) is 0.856. The van der Waals surface area contributed by atoms with E-state index in [4.69, 9.17) is 9.47 Å². The molecule has 0 bridgehead atoms. The molecule has 0 radical (unpaired) electrons. The number of benzene rings is 1. The summed E-state index contributed by atoms with van der Waals surface area (Å²) in [7, 11) is 1.71. The molecule has 0 aliphatic heterocycles. The molecule has 0 amide bonds. The molecule has 1 unspecified atom stereocenters. The highest BCUT2D eigenvalue weighted by atomic mass is 16.5. The second-order valence-electron chi connectivity index (χ2n) is 3.87. The molecule has 1 atom stereocenters. The van der Waals surface area contributed by atoms with Crippen LogP contribution < -0.4 is 10.1 Å². The second kappa shape index (κ2) is 8.06. The smallest absolute Gasteiger partial charge is 0.119 e. The van der Waals surface area contributed by atoms with Crippen LogP contribution in [0.3, 0.4) is 0 Å². The highest BCUT2D eigenvalue weighted by molar-refractivity contribution is 5.26. The molecule has 0 spiro atoms. The number of aryl methyl sites for hydroxylation is 1. The zero-order valence-electron chi connectivity index (χ0n) is 10.5. The van der Waals surface area contributed by atoms with Crippen LogP contribution in [0, 0.1) is 6.92 Å². The average molecular weight is 239 g/mol. The minimum absolute atomic E-state index is 0.493. The van der Waals surface area contributed by atoms with Crippen molar-refractivity contribution >= 4 is 0 Å². The van der Waals surface area contributed by atoms with Gasteiger partial charge in [-0.05, 0) is 26.1 Å². The van der Waals surface area contributed by atoms with E-state index in [1.165, 1.54) is 5.56 Å². The first-order valence-corrected chi connectivity index (χ1v) is 5.85. The van der Waals surface area contributed by atoms with Crippen molar-refractivity contribution < 1.29 is 14.6 Å². The molecular formula is C13H21NO3. The van der Waals surface area contributed by atoms with Crippen molar-refractivity contribution in [2.75, 3.05) is 26.9 Å². The first-order valence-electron chi connectivity index (χ1n) is 5.85. The van der Waals surface area contributed by atoms with Gasteiger partial charge in [0.2, 0.25) is 0 Å². The fourth-order valence-electron chi connectivity index (χ4n) is 1.29. The molecule has 96 valence electrons. The van der Waals surface area contributed by atoms with Crippen LogP contribution in [0.1, 0.15) is 12.0 Å². The lowest BCUT2D eigenvalue weighted by Gasteiger charge is -2.10. The lowest BCUT2D eigenvalue weighted by molar-refractivity contribution is 0.0563. The average Bonchev–Trinajstić information content (AvgIpc) is 2.35. The predicted molar refractivity (Wildman–Crippen MR) is 67.2 cm³/mol. The summed E-state index contributed by atoms with van der Waals surface area (Å²) >= 11 is 0. The number of hydrogen-bond donors (Lipinski definition) is 2. The first-order chi connectivity index (χ1) is 8.22.